The first-order valence-electron chi connectivity index (χ1n) is 9.82. The summed E-state index contributed by atoms with van der Waals surface area (Å²) >= 11 is 0. The molecule has 0 bridgehead atoms. The number of aromatic nitrogens is 1. The molecule has 144 valence electrons. The quantitative estimate of drug-likeness (QED) is 0.716. The van der Waals surface area contributed by atoms with Crippen LogP contribution in [0.2, 0.25) is 0 Å². The maximum Gasteiger partial charge on any atom is 0.228 e. The van der Waals surface area contributed by atoms with E-state index in [9.17, 15) is 9.59 Å². The van der Waals surface area contributed by atoms with Gasteiger partial charge >= 0.3 is 0 Å². The SMILES string of the molecule is CC(=O)N(CCC(=O)N1CCc2ccccc21)CCc1c[nH]c2ccccc12. The van der Waals surface area contributed by atoms with E-state index in [-0.39, 0.29) is 11.8 Å². The number of benzene rings is 2. The molecule has 3 aromatic rings. The molecule has 1 aliphatic rings. The molecule has 0 unspecified atom stereocenters. The minimum atomic E-state index is 0.00876. The molecule has 0 aliphatic carbocycles. The normalized spacial score (nSPS) is 13.0. The third-order valence-corrected chi connectivity index (χ3v) is 5.56. The molecule has 2 aromatic carbocycles. The van der Waals surface area contributed by atoms with Gasteiger partial charge in [-0.15, -0.1) is 0 Å². The van der Waals surface area contributed by atoms with E-state index in [4.69, 9.17) is 0 Å². The van der Waals surface area contributed by atoms with Crippen LogP contribution in [0, 0.1) is 0 Å². The number of nitrogens with one attached hydrogen (secondary N) is 1. The van der Waals surface area contributed by atoms with Gasteiger partial charge in [0.15, 0.2) is 0 Å². The summed E-state index contributed by atoms with van der Waals surface area (Å²) in [5.74, 6) is 0.0951. The molecule has 5 nitrogen and oxygen atoms in total. The van der Waals surface area contributed by atoms with Gasteiger partial charge in [0, 0.05) is 55.8 Å². The Hall–Kier alpha value is -3.08. The van der Waals surface area contributed by atoms with Crippen LogP contribution in [0.5, 0.6) is 0 Å². The minimum Gasteiger partial charge on any atom is -0.361 e. The Morgan fingerprint density at radius 3 is 2.71 bits per heavy atom. The van der Waals surface area contributed by atoms with Crippen LogP contribution >= 0.6 is 0 Å². The van der Waals surface area contributed by atoms with Gasteiger partial charge in [0.05, 0.1) is 0 Å². The molecule has 0 saturated heterocycles. The molecule has 2 heterocycles. The molecule has 1 aromatic heterocycles. The van der Waals surface area contributed by atoms with Crippen molar-refractivity contribution in [2.75, 3.05) is 24.5 Å². The lowest BCUT2D eigenvalue weighted by atomic mass is 10.1. The van der Waals surface area contributed by atoms with E-state index in [2.05, 4.69) is 17.1 Å². The van der Waals surface area contributed by atoms with Crippen LogP contribution in [0.3, 0.4) is 0 Å². The molecule has 5 heteroatoms. The lowest BCUT2D eigenvalue weighted by Gasteiger charge is -2.23. The summed E-state index contributed by atoms with van der Waals surface area (Å²) in [4.78, 5) is 31.7. The standard InChI is InChI=1S/C23H25N3O2/c1-17(27)25(13-10-19-16-24-21-8-4-3-7-20(19)21)14-12-23(28)26-15-11-18-6-2-5-9-22(18)26/h2-9,16,24H,10-15H2,1H3. The van der Waals surface area contributed by atoms with Crippen molar-refractivity contribution in [3.05, 3.63) is 65.9 Å². The zero-order valence-electron chi connectivity index (χ0n) is 16.1. The van der Waals surface area contributed by atoms with E-state index in [1.807, 2.05) is 47.5 Å². The van der Waals surface area contributed by atoms with Gasteiger partial charge in [-0.3, -0.25) is 9.59 Å². The second-order valence-electron chi connectivity index (χ2n) is 7.29. The maximum atomic E-state index is 12.7. The van der Waals surface area contributed by atoms with Gasteiger partial charge in [0.1, 0.15) is 0 Å². The third kappa shape index (κ3) is 3.65. The number of hydrogen-bond donors (Lipinski definition) is 1. The molecule has 0 fully saturated rings. The van der Waals surface area contributed by atoms with E-state index in [0.29, 0.717) is 19.5 Å². The fourth-order valence-electron chi connectivity index (χ4n) is 3.98. The Morgan fingerprint density at radius 1 is 1.07 bits per heavy atom. The van der Waals surface area contributed by atoms with E-state index in [1.54, 1.807) is 11.8 Å². The van der Waals surface area contributed by atoms with Gasteiger partial charge in [-0.2, -0.15) is 0 Å². The molecule has 1 N–H and O–H groups in total. The van der Waals surface area contributed by atoms with Crippen molar-refractivity contribution in [2.45, 2.75) is 26.2 Å². The van der Waals surface area contributed by atoms with Gasteiger partial charge < -0.3 is 14.8 Å². The molecule has 1 aliphatic heterocycles. The molecular weight excluding hydrogens is 350 g/mol. The number of H-pyrrole nitrogens is 1. The topological polar surface area (TPSA) is 56.4 Å². The highest BCUT2D eigenvalue weighted by atomic mass is 16.2. The summed E-state index contributed by atoms with van der Waals surface area (Å²) in [7, 11) is 0. The minimum absolute atomic E-state index is 0.00876. The van der Waals surface area contributed by atoms with Gasteiger partial charge in [-0.05, 0) is 36.1 Å². The Balaban J connectivity index is 1.36. The number of nitrogens with zero attached hydrogens (tertiary/aromatic N) is 2. The first-order valence-corrected chi connectivity index (χ1v) is 9.82. The van der Waals surface area contributed by atoms with Crippen molar-refractivity contribution in [1.29, 1.82) is 0 Å². The molecular formula is C23H25N3O2. The molecule has 0 spiro atoms. The second kappa shape index (κ2) is 7.89. The maximum absolute atomic E-state index is 12.7. The number of amides is 2. The van der Waals surface area contributed by atoms with Crippen molar-refractivity contribution < 1.29 is 9.59 Å². The molecule has 0 saturated carbocycles. The van der Waals surface area contributed by atoms with Crippen molar-refractivity contribution in [3.63, 3.8) is 0 Å². The number of para-hydroxylation sites is 2. The van der Waals surface area contributed by atoms with E-state index >= 15 is 0 Å². The number of carbonyl (C=O) groups excluding carboxylic acids is 2. The van der Waals surface area contributed by atoms with E-state index in [1.165, 1.54) is 16.5 Å². The van der Waals surface area contributed by atoms with Gasteiger partial charge in [-0.1, -0.05) is 36.4 Å². The van der Waals surface area contributed by atoms with Gasteiger partial charge in [0.25, 0.3) is 0 Å². The third-order valence-electron chi connectivity index (χ3n) is 5.56. The fourth-order valence-corrected chi connectivity index (χ4v) is 3.98. The first kappa shape index (κ1) is 18.3. The van der Waals surface area contributed by atoms with E-state index in [0.717, 1.165) is 30.6 Å². The smallest absolute Gasteiger partial charge is 0.228 e. The highest BCUT2D eigenvalue weighted by Crippen LogP contribution is 2.28. The lowest BCUT2D eigenvalue weighted by Crippen LogP contribution is -2.36. The summed E-state index contributed by atoms with van der Waals surface area (Å²) in [6.07, 6.45) is 4.03. The summed E-state index contributed by atoms with van der Waals surface area (Å²) in [6, 6.07) is 16.2. The van der Waals surface area contributed by atoms with Crippen LogP contribution < -0.4 is 4.90 Å². The summed E-state index contributed by atoms with van der Waals surface area (Å²) in [6.45, 7) is 3.37. The Labute approximate surface area is 165 Å². The summed E-state index contributed by atoms with van der Waals surface area (Å²) in [5, 5.41) is 1.19. The number of aromatic amines is 1. The molecule has 0 radical (unpaired) electrons. The zero-order chi connectivity index (χ0) is 19.5. The van der Waals surface area contributed by atoms with Crippen molar-refractivity contribution in [3.8, 4) is 0 Å². The predicted molar refractivity (Wildman–Crippen MR) is 111 cm³/mol. The summed E-state index contributed by atoms with van der Waals surface area (Å²) in [5.41, 5.74) is 4.54. The van der Waals surface area contributed by atoms with Crippen LogP contribution in [0.15, 0.2) is 54.7 Å². The number of carbonyl (C=O) groups is 2. The van der Waals surface area contributed by atoms with Crippen molar-refractivity contribution >= 4 is 28.4 Å². The monoisotopic (exact) mass is 375 g/mol. The molecule has 2 amide bonds. The molecule has 0 atom stereocenters. The lowest BCUT2D eigenvalue weighted by molar-refractivity contribution is -0.129. The van der Waals surface area contributed by atoms with Crippen LogP contribution in [0.1, 0.15) is 24.5 Å². The van der Waals surface area contributed by atoms with E-state index < -0.39 is 0 Å². The van der Waals surface area contributed by atoms with Crippen LogP contribution in [0.4, 0.5) is 5.69 Å². The van der Waals surface area contributed by atoms with Gasteiger partial charge in [0.2, 0.25) is 11.8 Å². The Kier molecular flexibility index (Phi) is 5.15. The fraction of sp³-hybridized carbons (Fsp3) is 0.304. The molecule has 4 rings (SSSR count). The summed E-state index contributed by atoms with van der Waals surface area (Å²) < 4.78 is 0. The first-order chi connectivity index (χ1) is 13.6. The zero-order valence-corrected chi connectivity index (χ0v) is 16.1. The highest BCUT2D eigenvalue weighted by Gasteiger charge is 2.24. The molecule has 28 heavy (non-hydrogen) atoms. The van der Waals surface area contributed by atoms with Crippen LogP contribution in [0.25, 0.3) is 10.9 Å². The number of hydrogen-bond acceptors (Lipinski definition) is 2. The largest absolute Gasteiger partial charge is 0.361 e. The number of rotatable bonds is 6. The average molecular weight is 375 g/mol. The van der Waals surface area contributed by atoms with Crippen molar-refractivity contribution in [1.82, 2.24) is 9.88 Å². The Bertz CT molecular complexity index is 1010. The average Bonchev–Trinajstić information content (AvgIpc) is 3.32. The second-order valence-corrected chi connectivity index (χ2v) is 7.29. The number of anilines is 1. The number of fused-ring (bicyclic) bond motifs is 2. The van der Waals surface area contributed by atoms with Crippen LogP contribution in [-0.2, 0) is 22.4 Å². The predicted octanol–water partition coefficient (Wildman–Crippen LogP) is 3.54. The van der Waals surface area contributed by atoms with Crippen LogP contribution in [-0.4, -0.2) is 41.3 Å². The highest BCUT2D eigenvalue weighted by molar-refractivity contribution is 5.95. The Morgan fingerprint density at radius 2 is 1.86 bits per heavy atom. The van der Waals surface area contributed by atoms with Gasteiger partial charge in [-0.25, -0.2) is 0 Å². The van der Waals surface area contributed by atoms with Crippen molar-refractivity contribution in [2.24, 2.45) is 0 Å².